The number of hydrogen-bond donors (Lipinski definition) is 0. The van der Waals surface area contributed by atoms with Gasteiger partial charge in [-0.15, -0.1) is 0 Å². The molecule has 0 aliphatic rings. The Morgan fingerprint density at radius 1 is 1.00 bits per heavy atom. The minimum Gasteiger partial charge on any atom is -0.339 e. The van der Waals surface area contributed by atoms with Crippen LogP contribution in [0.1, 0.15) is 29.9 Å². The van der Waals surface area contributed by atoms with Crippen molar-refractivity contribution in [3.8, 4) is 5.69 Å². The number of carbonyl (C=O) groups excluding carboxylic acids is 1. The highest BCUT2D eigenvalue weighted by Gasteiger charge is 2.29. The first-order valence-electron chi connectivity index (χ1n) is 10.4. The Kier molecular flexibility index (Phi) is 6.59. The van der Waals surface area contributed by atoms with E-state index in [1.54, 1.807) is 41.8 Å². The third-order valence-corrected chi connectivity index (χ3v) is 7.38. The number of para-hydroxylation sites is 1. The second-order valence-electron chi connectivity index (χ2n) is 7.39. The van der Waals surface area contributed by atoms with E-state index in [0.29, 0.717) is 24.5 Å². The maximum absolute atomic E-state index is 13.4. The Morgan fingerprint density at radius 2 is 1.62 bits per heavy atom. The molecule has 0 atom stereocenters. The van der Waals surface area contributed by atoms with Crippen molar-refractivity contribution in [3.05, 3.63) is 76.2 Å². The van der Waals surface area contributed by atoms with Crippen LogP contribution >= 0.6 is 0 Å². The van der Waals surface area contributed by atoms with Gasteiger partial charge in [-0.1, -0.05) is 24.3 Å². The summed E-state index contributed by atoms with van der Waals surface area (Å²) in [6.45, 7) is 6.48. The molecule has 170 valence electrons. The summed E-state index contributed by atoms with van der Waals surface area (Å²) >= 11 is 0. The molecule has 0 N–H and O–H groups in total. The standard InChI is InChI=1S/C23H28N4O4S/c1-6-26(7-2)22(28)18-12-11-15-20(16-18)32(30,31)25(5)21-17(3)24(4)27(23(21)29)19-13-9-8-10-14-19/h8-16H,6-7H2,1-5H3. The van der Waals surface area contributed by atoms with Crippen molar-refractivity contribution in [1.82, 2.24) is 14.3 Å². The Morgan fingerprint density at radius 3 is 2.22 bits per heavy atom. The summed E-state index contributed by atoms with van der Waals surface area (Å²) < 4.78 is 30.9. The molecule has 0 aliphatic carbocycles. The molecule has 0 unspecified atom stereocenters. The number of benzene rings is 2. The van der Waals surface area contributed by atoms with Crippen LogP contribution in [0.2, 0.25) is 0 Å². The number of rotatable bonds is 7. The molecular weight excluding hydrogens is 428 g/mol. The average Bonchev–Trinajstić information content (AvgIpc) is 3.02. The minimum absolute atomic E-state index is 0.0491. The zero-order valence-electron chi connectivity index (χ0n) is 18.9. The number of aromatic nitrogens is 2. The van der Waals surface area contributed by atoms with E-state index in [4.69, 9.17) is 0 Å². The van der Waals surface area contributed by atoms with Gasteiger partial charge in [-0.05, 0) is 51.1 Å². The highest BCUT2D eigenvalue weighted by atomic mass is 32.2. The lowest BCUT2D eigenvalue weighted by molar-refractivity contribution is 0.0772. The molecule has 32 heavy (non-hydrogen) atoms. The Labute approximate surface area is 188 Å². The predicted molar refractivity (Wildman–Crippen MR) is 125 cm³/mol. The fourth-order valence-corrected chi connectivity index (χ4v) is 4.97. The van der Waals surface area contributed by atoms with Crippen LogP contribution in [-0.2, 0) is 17.1 Å². The molecule has 0 fully saturated rings. The summed E-state index contributed by atoms with van der Waals surface area (Å²) in [5.41, 5.74) is 1.02. The lowest BCUT2D eigenvalue weighted by Crippen LogP contribution is -2.33. The lowest BCUT2D eigenvalue weighted by Gasteiger charge is -2.20. The van der Waals surface area contributed by atoms with Gasteiger partial charge in [0.25, 0.3) is 21.5 Å². The number of sulfonamides is 1. The molecule has 0 bridgehead atoms. The van der Waals surface area contributed by atoms with E-state index < -0.39 is 15.6 Å². The van der Waals surface area contributed by atoms with E-state index in [-0.39, 0.29) is 22.1 Å². The lowest BCUT2D eigenvalue weighted by atomic mass is 10.2. The van der Waals surface area contributed by atoms with Gasteiger partial charge in [-0.3, -0.25) is 18.6 Å². The van der Waals surface area contributed by atoms with Crippen LogP contribution in [0.25, 0.3) is 5.69 Å². The molecule has 9 heteroatoms. The molecule has 1 aromatic heterocycles. The molecule has 3 aromatic rings. The summed E-state index contributed by atoms with van der Waals surface area (Å²) in [4.78, 5) is 27.5. The number of anilines is 1. The maximum atomic E-state index is 13.4. The topological polar surface area (TPSA) is 84.6 Å². The molecule has 1 amide bonds. The number of nitrogens with zero attached hydrogens (tertiary/aromatic N) is 4. The second-order valence-corrected chi connectivity index (χ2v) is 9.36. The first-order valence-corrected chi connectivity index (χ1v) is 11.8. The smallest absolute Gasteiger partial charge is 0.296 e. The van der Waals surface area contributed by atoms with Crippen molar-refractivity contribution < 1.29 is 13.2 Å². The van der Waals surface area contributed by atoms with E-state index in [1.807, 2.05) is 32.0 Å². The summed E-state index contributed by atoms with van der Waals surface area (Å²) in [5.74, 6) is -0.239. The molecule has 2 aromatic carbocycles. The zero-order chi connectivity index (χ0) is 23.6. The second kappa shape index (κ2) is 9.04. The van der Waals surface area contributed by atoms with Crippen molar-refractivity contribution in [2.24, 2.45) is 7.05 Å². The van der Waals surface area contributed by atoms with Crippen LogP contribution < -0.4 is 9.86 Å². The first kappa shape index (κ1) is 23.3. The highest BCUT2D eigenvalue weighted by Crippen LogP contribution is 2.24. The monoisotopic (exact) mass is 456 g/mol. The number of hydrogen-bond acceptors (Lipinski definition) is 4. The molecule has 0 saturated carbocycles. The van der Waals surface area contributed by atoms with Gasteiger partial charge in [0.05, 0.1) is 16.3 Å². The van der Waals surface area contributed by atoms with Gasteiger partial charge in [0, 0.05) is 32.7 Å². The van der Waals surface area contributed by atoms with E-state index in [2.05, 4.69) is 0 Å². The summed E-state index contributed by atoms with van der Waals surface area (Å²) in [6, 6.07) is 14.9. The van der Waals surface area contributed by atoms with Gasteiger partial charge >= 0.3 is 0 Å². The Balaban J connectivity index is 2.08. The van der Waals surface area contributed by atoms with Crippen LogP contribution in [0.3, 0.4) is 0 Å². The molecule has 0 radical (unpaired) electrons. The molecule has 0 aliphatic heterocycles. The Bertz CT molecular complexity index is 1290. The van der Waals surface area contributed by atoms with Crippen molar-refractivity contribution in [1.29, 1.82) is 0 Å². The largest absolute Gasteiger partial charge is 0.339 e. The number of carbonyl (C=O) groups is 1. The quantitative estimate of drug-likeness (QED) is 0.547. The third kappa shape index (κ3) is 3.95. The SMILES string of the molecule is CCN(CC)C(=O)c1cccc(S(=O)(=O)N(C)c2c(C)n(C)n(-c3ccccc3)c2=O)c1. The van der Waals surface area contributed by atoms with E-state index >= 15 is 0 Å². The average molecular weight is 457 g/mol. The molecular formula is C23H28N4O4S. The molecule has 1 heterocycles. The van der Waals surface area contributed by atoms with Crippen molar-refractivity contribution >= 4 is 21.6 Å². The summed E-state index contributed by atoms with van der Waals surface area (Å²) in [5, 5.41) is 0. The van der Waals surface area contributed by atoms with Gasteiger partial charge in [0.1, 0.15) is 5.69 Å². The number of amides is 1. The minimum atomic E-state index is -4.08. The maximum Gasteiger partial charge on any atom is 0.296 e. The van der Waals surface area contributed by atoms with E-state index in [9.17, 15) is 18.0 Å². The van der Waals surface area contributed by atoms with Crippen molar-refractivity contribution in [2.45, 2.75) is 25.7 Å². The first-order chi connectivity index (χ1) is 15.1. The molecule has 3 rings (SSSR count). The highest BCUT2D eigenvalue weighted by molar-refractivity contribution is 7.92. The van der Waals surface area contributed by atoms with E-state index in [0.717, 1.165) is 4.31 Å². The van der Waals surface area contributed by atoms with Crippen LogP contribution in [0.5, 0.6) is 0 Å². The van der Waals surface area contributed by atoms with Gasteiger partial charge in [-0.25, -0.2) is 13.1 Å². The fraction of sp³-hybridized carbons (Fsp3) is 0.304. The van der Waals surface area contributed by atoms with E-state index in [1.165, 1.54) is 29.9 Å². The van der Waals surface area contributed by atoms with Gasteiger partial charge in [0.15, 0.2) is 0 Å². The van der Waals surface area contributed by atoms with Crippen LogP contribution in [0, 0.1) is 6.92 Å². The van der Waals surface area contributed by atoms with Crippen LogP contribution in [0.4, 0.5) is 5.69 Å². The fourth-order valence-electron chi connectivity index (χ4n) is 3.68. The van der Waals surface area contributed by atoms with Crippen LogP contribution in [-0.4, -0.2) is 48.7 Å². The van der Waals surface area contributed by atoms with Gasteiger partial charge in [-0.2, -0.15) is 0 Å². The van der Waals surface area contributed by atoms with Crippen molar-refractivity contribution in [3.63, 3.8) is 0 Å². The zero-order valence-corrected chi connectivity index (χ0v) is 19.8. The third-order valence-electron chi connectivity index (χ3n) is 5.63. The van der Waals surface area contributed by atoms with Gasteiger partial charge < -0.3 is 4.90 Å². The van der Waals surface area contributed by atoms with Crippen molar-refractivity contribution in [2.75, 3.05) is 24.4 Å². The normalized spacial score (nSPS) is 11.4. The van der Waals surface area contributed by atoms with Gasteiger partial charge in [0.2, 0.25) is 0 Å². The molecule has 0 saturated heterocycles. The summed E-state index contributed by atoms with van der Waals surface area (Å²) in [7, 11) is -1.02. The summed E-state index contributed by atoms with van der Waals surface area (Å²) in [6.07, 6.45) is 0. The molecule has 8 nitrogen and oxygen atoms in total. The van der Waals surface area contributed by atoms with Crippen LogP contribution in [0.15, 0.2) is 64.3 Å². The Hall–Kier alpha value is -3.33. The predicted octanol–water partition coefficient (Wildman–Crippen LogP) is 2.79. The molecule has 0 spiro atoms.